The molecule has 6 nitrogen and oxygen atoms in total. The van der Waals surface area contributed by atoms with Crippen molar-refractivity contribution in [3.8, 4) is 0 Å². The molecule has 0 amide bonds. The van der Waals surface area contributed by atoms with Gasteiger partial charge in [0.2, 0.25) is 0 Å². The Hall–Kier alpha value is -1.69. The van der Waals surface area contributed by atoms with Crippen molar-refractivity contribution >= 4 is 11.4 Å². The van der Waals surface area contributed by atoms with Gasteiger partial charge in [-0.3, -0.25) is 15.1 Å². The first kappa shape index (κ1) is 13.3. The van der Waals surface area contributed by atoms with E-state index in [2.05, 4.69) is 15.2 Å². The molecule has 1 aliphatic carbocycles. The number of nitrogens with one attached hydrogen (secondary N) is 1. The van der Waals surface area contributed by atoms with Crippen molar-refractivity contribution in [1.29, 1.82) is 0 Å². The maximum absolute atomic E-state index is 11.0. The molecule has 0 unspecified atom stereocenters. The number of aromatic nitrogens is 1. The Morgan fingerprint density at radius 1 is 1.35 bits per heavy atom. The average Bonchev–Trinajstić information content (AvgIpc) is 3.30. The van der Waals surface area contributed by atoms with Crippen LogP contribution in [0.15, 0.2) is 18.5 Å². The molecule has 0 aromatic carbocycles. The largest absolute Gasteiger partial charge is 0.366 e. The minimum atomic E-state index is -0.347. The molecule has 108 valence electrons. The summed E-state index contributed by atoms with van der Waals surface area (Å²) in [6.45, 7) is 2.88. The SMILES string of the molecule is O=[N+]([O-])c1cnccc1N1CCC(NCC2CC2)CC1. The number of piperidine rings is 1. The summed E-state index contributed by atoms with van der Waals surface area (Å²) in [7, 11) is 0. The average molecular weight is 276 g/mol. The second-order valence-corrected chi connectivity index (χ2v) is 5.73. The van der Waals surface area contributed by atoms with Crippen molar-refractivity contribution in [2.24, 2.45) is 5.92 Å². The van der Waals surface area contributed by atoms with E-state index < -0.39 is 0 Å². The van der Waals surface area contributed by atoms with Gasteiger partial charge in [0.25, 0.3) is 0 Å². The van der Waals surface area contributed by atoms with E-state index >= 15 is 0 Å². The molecule has 6 heteroatoms. The lowest BCUT2D eigenvalue weighted by Crippen LogP contribution is -2.43. The van der Waals surface area contributed by atoms with Crippen LogP contribution in [0, 0.1) is 16.0 Å². The Bertz CT molecular complexity index is 482. The fraction of sp³-hybridized carbons (Fsp3) is 0.643. The zero-order chi connectivity index (χ0) is 13.9. The molecule has 1 saturated carbocycles. The summed E-state index contributed by atoms with van der Waals surface area (Å²) in [6.07, 6.45) is 7.80. The van der Waals surface area contributed by atoms with Crippen LogP contribution in [0.2, 0.25) is 0 Å². The van der Waals surface area contributed by atoms with Crippen molar-refractivity contribution in [3.63, 3.8) is 0 Å². The van der Waals surface area contributed by atoms with Crippen LogP contribution in [0.4, 0.5) is 11.4 Å². The molecule has 1 aromatic rings. The lowest BCUT2D eigenvalue weighted by molar-refractivity contribution is -0.384. The topological polar surface area (TPSA) is 71.3 Å². The van der Waals surface area contributed by atoms with E-state index in [4.69, 9.17) is 0 Å². The van der Waals surface area contributed by atoms with Crippen molar-refractivity contribution in [2.45, 2.75) is 31.7 Å². The van der Waals surface area contributed by atoms with Gasteiger partial charge in [0.1, 0.15) is 11.9 Å². The van der Waals surface area contributed by atoms with Gasteiger partial charge in [-0.1, -0.05) is 0 Å². The summed E-state index contributed by atoms with van der Waals surface area (Å²) >= 11 is 0. The molecule has 2 heterocycles. The van der Waals surface area contributed by atoms with Crippen LogP contribution in [0.5, 0.6) is 0 Å². The van der Waals surface area contributed by atoms with Gasteiger partial charge < -0.3 is 10.2 Å². The Morgan fingerprint density at radius 3 is 2.75 bits per heavy atom. The summed E-state index contributed by atoms with van der Waals surface area (Å²) in [6, 6.07) is 2.31. The third-order valence-electron chi connectivity index (χ3n) is 4.20. The Labute approximate surface area is 118 Å². The standard InChI is InChI=1S/C14H20N4O2/c19-18(20)14-10-15-6-3-13(14)17-7-4-12(5-8-17)16-9-11-1-2-11/h3,6,10-12,16H,1-2,4-5,7-9H2. The van der Waals surface area contributed by atoms with Gasteiger partial charge in [0, 0.05) is 25.3 Å². The van der Waals surface area contributed by atoms with Crippen LogP contribution in [0.25, 0.3) is 0 Å². The molecule has 2 fully saturated rings. The lowest BCUT2D eigenvalue weighted by Gasteiger charge is -2.33. The van der Waals surface area contributed by atoms with Gasteiger partial charge in [-0.05, 0) is 44.2 Å². The van der Waals surface area contributed by atoms with E-state index in [1.165, 1.54) is 19.0 Å². The molecule has 2 aliphatic rings. The number of hydrogen-bond acceptors (Lipinski definition) is 5. The number of hydrogen-bond donors (Lipinski definition) is 1. The number of pyridine rings is 1. The highest BCUT2D eigenvalue weighted by molar-refractivity contribution is 5.61. The Morgan fingerprint density at radius 2 is 2.10 bits per heavy atom. The zero-order valence-electron chi connectivity index (χ0n) is 11.5. The first-order valence-corrected chi connectivity index (χ1v) is 7.31. The van der Waals surface area contributed by atoms with Crippen LogP contribution >= 0.6 is 0 Å². The van der Waals surface area contributed by atoms with E-state index in [1.807, 2.05) is 0 Å². The molecular weight excluding hydrogens is 256 g/mol. The molecular formula is C14H20N4O2. The minimum Gasteiger partial charge on any atom is -0.366 e. The summed E-state index contributed by atoms with van der Waals surface area (Å²) in [5.74, 6) is 0.898. The van der Waals surface area contributed by atoms with E-state index in [-0.39, 0.29) is 10.6 Å². The molecule has 0 spiro atoms. The van der Waals surface area contributed by atoms with Gasteiger partial charge in [0.15, 0.2) is 0 Å². The maximum Gasteiger partial charge on any atom is 0.310 e. The summed E-state index contributed by atoms with van der Waals surface area (Å²) in [4.78, 5) is 16.6. The van der Waals surface area contributed by atoms with E-state index in [9.17, 15) is 10.1 Å². The van der Waals surface area contributed by atoms with Crippen LogP contribution in [0.1, 0.15) is 25.7 Å². The third kappa shape index (κ3) is 3.07. The second kappa shape index (κ2) is 5.75. The zero-order valence-corrected chi connectivity index (χ0v) is 11.5. The van der Waals surface area contributed by atoms with Crippen molar-refractivity contribution in [3.05, 3.63) is 28.6 Å². The molecule has 0 bridgehead atoms. The molecule has 20 heavy (non-hydrogen) atoms. The van der Waals surface area contributed by atoms with Crippen molar-refractivity contribution < 1.29 is 4.92 Å². The highest BCUT2D eigenvalue weighted by Crippen LogP contribution is 2.30. The van der Waals surface area contributed by atoms with Gasteiger partial charge >= 0.3 is 5.69 Å². The molecule has 3 rings (SSSR count). The number of rotatable bonds is 5. The van der Waals surface area contributed by atoms with Crippen LogP contribution in [-0.2, 0) is 0 Å². The normalized spacial score (nSPS) is 20.1. The number of nitrogens with zero attached hydrogens (tertiary/aromatic N) is 3. The van der Waals surface area contributed by atoms with Gasteiger partial charge in [-0.25, -0.2) is 0 Å². The van der Waals surface area contributed by atoms with Crippen LogP contribution in [-0.4, -0.2) is 35.6 Å². The molecule has 1 N–H and O–H groups in total. The molecule has 1 saturated heterocycles. The van der Waals surface area contributed by atoms with E-state index in [0.29, 0.717) is 11.7 Å². The first-order chi connectivity index (χ1) is 9.74. The summed E-state index contributed by atoms with van der Waals surface area (Å²) in [5, 5.41) is 14.7. The first-order valence-electron chi connectivity index (χ1n) is 7.31. The smallest absolute Gasteiger partial charge is 0.310 e. The van der Waals surface area contributed by atoms with Gasteiger partial charge in [0.05, 0.1) is 4.92 Å². The monoisotopic (exact) mass is 276 g/mol. The quantitative estimate of drug-likeness (QED) is 0.657. The predicted octanol–water partition coefficient (Wildman–Crippen LogP) is 1.96. The van der Waals surface area contributed by atoms with Crippen LogP contribution < -0.4 is 10.2 Å². The van der Waals surface area contributed by atoms with Crippen LogP contribution in [0.3, 0.4) is 0 Å². The van der Waals surface area contributed by atoms with Crippen molar-refractivity contribution in [1.82, 2.24) is 10.3 Å². The fourth-order valence-corrected chi connectivity index (χ4v) is 2.77. The van der Waals surface area contributed by atoms with Gasteiger partial charge in [-0.15, -0.1) is 0 Å². The molecule has 1 aromatic heterocycles. The minimum absolute atomic E-state index is 0.108. The highest BCUT2D eigenvalue weighted by atomic mass is 16.6. The molecule has 0 radical (unpaired) electrons. The number of nitro groups is 1. The predicted molar refractivity (Wildman–Crippen MR) is 76.9 cm³/mol. The number of anilines is 1. The highest BCUT2D eigenvalue weighted by Gasteiger charge is 2.26. The molecule has 0 atom stereocenters. The van der Waals surface area contributed by atoms with Crippen molar-refractivity contribution in [2.75, 3.05) is 24.5 Å². The fourth-order valence-electron chi connectivity index (χ4n) is 2.77. The van der Waals surface area contributed by atoms with E-state index in [1.54, 1.807) is 12.3 Å². The van der Waals surface area contributed by atoms with Gasteiger partial charge in [-0.2, -0.15) is 0 Å². The summed E-state index contributed by atoms with van der Waals surface area (Å²) < 4.78 is 0. The van der Waals surface area contributed by atoms with E-state index in [0.717, 1.165) is 38.4 Å². The Kier molecular flexibility index (Phi) is 3.82. The third-order valence-corrected chi connectivity index (χ3v) is 4.20. The Balaban J connectivity index is 1.58. The molecule has 1 aliphatic heterocycles. The maximum atomic E-state index is 11.0. The lowest BCUT2D eigenvalue weighted by atomic mass is 10.0. The summed E-state index contributed by atoms with van der Waals surface area (Å²) in [5.41, 5.74) is 0.808. The second-order valence-electron chi connectivity index (χ2n) is 5.73.